The van der Waals surface area contributed by atoms with Crippen molar-refractivity contribution >= 4 is 39.7 Å². The third-order valence-corrected chi connectivity index (χ3v) is 5.47. The zero-order valence-corrected chi connectivity index (χ0v) is 13.2. The van der Waals surface area contributed by atoms with Gasteiger partial charge in [-0.3, -0.25) is 9.00 Å². The zero-order chi connectivity index (χ0) is 15.2. The van der Waals surface area contributed by atoms with Gasteiger partial charge in [0.05, 0.1) is 10.7 Å². The summed E-state index contributed by atoms with van der Waals surface area (Å²) in [6.45, 7) is 1.31. The van der Waals surface area contributed by atoms with Gasteiger partial charge in [0.2, 0.25) is 5.91 Å². The summed E-state index contributed by atoms with van der Waals surface area (Å²) in [5, 5.41) is 3.25. The number of rotatable bonds is 5. The second-order valence-electron chi connectivity index (χ2n) is 4.93. The van der Waals surface area contributed by atoms with Crippen LogP contribution in [0.3, 0.4) is 0 Å². The van der Waals surface area contributed by atoms with Gasteiger partial charge in [-0.1, -0.05) is 11.6 Å². The normalized spacial score (nSPS) is 17.4. The van der Waals surface area contributed by atoms with Crippen LogP contribution in [-0.2, 0) is 20.3 Å². The third kappa shape index (κ3) is 4.98. The number of benzene rings is 1. The summed E-state index contributed by atoms with van der Waals surface area (Å²) in [5.74, 6) is 0.172. The first-order valence-electron chi connectivity index (χ1n) is 6.86. The molecule has 1 aliphatic heterocycles. The molecule has 1 aromatic rings. The molecule has 1 saturated heterocycles. The van der Waals surface area contributed by atoms with Gasteiger partial charge in [0.25, 0.3) is 0 Å². The zero-order valence-electron chi connectivity index (χ0n) is 11.6. The molecule has 0 bridgehead atoms. The molecule has 0 radical (unpaired) electrons. The molecule has 0 aliphatic carbocycles. The summed E-state index contributed by atoms with van der Waals surface area (Å²) in [6.07, 6.45) is 1.82. The van der Waals surface area contributed by atoms with Crippen LogP contribution in [0.1, 0.15) is 19.3 Å². The molecule has 21 heavy (non-hydrogen) atoms. The molecule has 0 aromatic heterocycles. The number of hydrogen-bond donors (Lipinski definition) is 2. The Morgan fingerprint density at radius 3 is 2.81 bits per heavy atom. The molecule has 1 atom stereocenters. The molecule has 1 aliphatic rings. The Labute approximate surface area is 131 Å². The van der Waals surface area contributed by atoms with Crippen molar-refractivity contribution in [3.05, 3.63) is 23.2 Å². The quantitative estimate of drug-likeness (QED) is 0.811. The first-order chi connectivity index (χ1) is 10.1. The topological polar surface area (TPSA) is 81.4 Å². The highest BCUT2D eigenvalue weighted by Gasteiger charge is 2.20. The Hall–Kier alpha value is -1.11. The third-order valence-electron chi connectivity index (χ3n) is 3.34. The van der Waals surface area contributed by atoms with Crippen LogP contribution in [0, 0.1) is 0 Å². The number of ether oxygens (including phenoxy) is 1. The van der Waals surface area contributed by atoms with Crippen LogP contribution >= 0.6 is 11.6 Å². The van der Waals surface area contributed by atoms with Crippen LogP contribution in [0.4, 0.5) is 11.4 Å². The second-order valence-corrected chi connectivity index (χ2v) is 7.18. The lowest BCUT2D eigenvalue weighted by molar-refractivity contribution is -0.115. The summed E-state index contributed by atoms with van der Waals surface area (Å²) < 4.78 is 17.3. The molecule has 5 nitrogen and oxygen atoms in total. The molecule has 116 valence electrons. The number of halogens is 1. The Kier molecular flexibility index (Phi) is 6.02. The largest absolute Gasteiger partial charge is 0.399 e. The highest BCUT2D eigenvalue weighted by molar-refractivity contribution is 7.85. The van der Waals surface area contributed by atoms with Crippen molar-refractivity contribution in [2.24, 2.45) is 0 Å². The van der Waals surface area contributed by atoms with E-state index in [0.717, 1.165) is 12.8 Å². The summed E-state index contributed by atoms with van der Waals surface area (Å²) in [7, 11) is -0.988. The van der Waals surface area contributed by atoms with Gasteiger partial charge in [-0.25, -0.2) is 0 Å². The SMILES string of the molecule is Nc1ccc(NC(=O)CCS(=O)C2CCOCC2)c(Cl)c1. The lowest BCUT2D eigenvalue weighted by Crippen LogP contribution is -2.27. The number of anilines is 2. The van der Waals surface area contributed by atoms with E-state index in [1.54, 1.807) is 18.2 Å². The smallest absolute Gasteiger partial charge is 0.225 e. The molecule has 1 aromatic carbocycles. The maximum Gasteiger partial charge on any atom is 0.225 e. The van der Waals surface area contributed by atoms with Gasteiger partial charge in [-0.05, 0) is 31.0 Å². The van der Waals surface area contributed by atoms with Crippen LogP contribution < -0.4 is 11.1 Å². The van der Waals surface area contributed by atoms with Crippen molar-refractivity contribution in [3.8, 4) is 0 Å². The van der Waals surface area contributed by atoms with Crippen LogP contribution in [0.5, 0.6) is 0 Å². The minimum absolute atomic E-state index is 0.145. The van der Waals surface area contributed by atoms with E-state index in [0.29, 0.717) is 35.4 Å². The van der Waals surface area contributed by atoms with E-state index >= 15 is 0 Å². The molecule has 1 amide bonds. The van der Waals surface area contributed by atoms with Gasteiger partial charge >= 0.3 is 0 Å². The van der Waals surface area contributed by atoms with E-state index < -0.39 is 10.8 Å². The van der Waals surface area contributed by atoms with Gasteiger partial charge in [0, 0.05) is 47.1 Å². The number of carbonyl (C=O) groups is 1. The predicted molar refractivity (Wildman–Crippen MR) is 86.0 cm³/mol. The molecule has 0 saturated carbocycles. The molecule has 1 fully saturated rings. The fourth-order valence-corrected chi connectivity index (χ4v) is 3.82. The molecule has 1 unspecified atom stereocenters. The highest BCUT2D eigenvalue weighted by atomic mass is 35.5. The highest BCUT2D eigenvalue weighted by Crippen LogP contribution is 2.24. The first kappa shape index (κ1) is 16.3. The number of nitrogens with one attached hydrogen (secondary N) is 1. The molecule has 7 heteroatoms. The van der Waals surface area contributed by atoms with Gasteiger partial charge in [-0.2, -0.15) is 0 Å². The minimum Gasteiger partial charge on any atom is -0.399 e. The lowest BCUT2D eigenvalue weighted by Gasteiger charge is -2.21. The average Bonchev–Trinajstić information content (AvgIpc) is 2.48. The second kappa shape index (κ2) is 7.77. The van der Waals surface area contributed by atoms with Crippen molar-refractivity contribution in [2.75, 3.05) is 30.0 Å². The Morgan fingerprint density at radius 2 is 2.14 bits per heavy atom. The van der Waals surface area contributed by atoms with Crippen molar-refractivity contribution < 1.29 is 13.7 Å². The molecule has 3 N–H and O–H groups in total. The van der Waals surface area contributed by atoms with Gasteiger partial charge in [0.15, 0.2) is 0 Å². The van der Waals surface area contributed by atoms with E-state index in [9.17, 15) is 9.00 Å². The lowest BCUT2D eigenvalue weighted by atomic mass is 10.2. The maximum atomic E-state index is 12.1. The fourth-order valence-electron chi connectivity index (χ4n) is 2.14. The summed E-state index contributed by atoms with van der Waals surface area (Å²) in [5.41, 5.74) is 6.65. The predicted octanol–water partition coefficient (Wildman–Crippen LogP) is 2.18. The van der Waals surface area contributed by atoms with E-state index in [4.69, 9.17) is 22.1 Å². The van der Waals surface area contributed by atoms with Crippen molar-refractivity contribution in [1.82, 2.24) is 0 Å². The maximum absolute atomic E-state index is 12.1. The Balaban J connectivity index is 1.80. The standard InChI is InChI=1S/C14H19ClN2O3S/c15-12-9-10(16)1-2-13(12)17-14(18)5-8-21(19)11-3-6-20-7-4-11/h1-2,9,11H,3-8,16H2,(H,17,18). The number of hydrogen-bond acceptors (Lipinski definition) is 4. The summed E-state index contributed by atoms with van der Waals surface area (Å²) in [6, 6.07) is 4.91. The van der Waals surface area contributed by atoms with Crippen LogP contribution in [0.2, 0.25) is 5.02 Å². The number of amides is 1. The molecule has 1 heterocycles. The van der Waals surface area contributed by atoms with Gasteiger partial charge in [-0.15, -0.1) is 0 Å². The number of nitrogens with two attached hydrogens (primary N) is 1. The number of nitrogen functional groups attached to an aromatic ring is 1. The van der Waals surface area contributed by atoms with Crippen LogP contribution in [-0.4, -0.2) is 34.3 Å². The first-order valence-corrected chi connectivity index (χ1v) is 8.62. The van der Waals surface area contributed by atoms with E-state index in [1.807, 2.05) is 0 Å². The fraction of sp³-hybridized carbons (Fsp3) is 0.500. The van der Waals surface area contributed by atoms with E-state index in [-0.39, 0.29) is 17.6 Å². The molecule has 0 spiro atoms. The average molecular weight is 331 g/mol. The van der Waals surface area contributed by atoms with Crippen LogP contribution in [0.15, 0.2) is 18.2 Å². The van der Waals surface area contributed by atoms with Gasteiger partial charge < -0.3 is 15.8 Å². The van der Waals surface area contributed by atoms with E-state index in [2.05, 4.69) is 5.32 Å². The van der Waals surface area contributed by atoms with E-state index in [1.165, 1.54) is 0 Å². The number of carbonyl (C=O) groups excluding carboxylic acids is 1. The van der Waals surface area contributed by atoms with Crippen molar-refractivity contribution in [3.63, 3.8) is 0 Å². The molecular weight excluding hydrogens is 312 g/mol. The van der Waals surface area contributed by atoms with Crippen molar-refractivity contribution in [2.45, 2.75) is 24.5 Å². The molecular formula is C14H19ClN2O3S. The summed E-state index contributed by atoms with van der Waals surface area (Å²) >= 11 is 5.99. The minimum atomic E-state index is -0.988. The Morgan fingerprint density at radius 1 is 1.43 bits per heavy atom. The van der Waals surface area contributed by atoms with Gasteiger partial charge in [0.1, 0.15) is 0 Å². The Bertz CT molecular complexity index is 533. The van der Waals surface area contributed by atoms with Crippen LogP contribution in [0.25, 0.3) is 0 Å². The van der Waals surface area contributed by atoms with Crippen molar-refractivity contribution in [1.29, 1.82) is 0 Å². The summed E-state index contributed by atoms with van der Waals surface area (Å²) in [4.78, 5) is 11.9. The molecule has 2 rings (SSSR count). The monoisotopic (exact) mass is 330 g/mol.